The van der Waals surface area contributed by atoms with E-state index in [2.05, 4.69) is 0 Å². The van der Waals surface area contributed by atoms with Crippen LogP contribution in [0.15, 0.2) is 0 Å². The summed E-state index contributed by atoms with van der Waals surface area (Å²) < 4.78 is 15.1. The third-order valence-electron chi connectivity index (χ3n) is 1.39. The molecular formula is C8H14O4. The van der Waals surface area contributed by atoms with Crippen molar-refractivity contribution in [3.05, 3.63) is 0 Å². The Kier molecular flexibility index (Phi) is 3.49. The van der Waals surface area contributed by atoms with Crippen molar-refractivity contribution in [3.63, 3.8) is 0 Å². The predicted molar refractivity (Wildman–Crippen MR) is 41.5 cm³/mol. The Hall–Kier alpha value is -0.610. The molecule has 0 unspecified atom stereocenters. The lowest BCUT2D eigenvalue weighted by Gasteiger charge is -2.10. The molecule has 0 aromatic carbocycles. The van der Waals surface area contributed by atoms with E-state index in [4.69, 9.17) is 14.2 Å². The number of esters is 1. The van der Waals surface area contributed by atoms with Crippen molar-refractivity contribution < 1.29 is 19.0 Å². The van der Waals surface area contributed by atoms with E-state index in [1.54, 1.807) is 0 Å². The molecule has 1 fully saturated rings. The molecule has 0 saturated carbocycles. The summed E-state index contributed by atoms with van der Waals surface area (Å²) in [7, 11) is 0. The van der Waals surface area contributed by atoms with Crippen molar-refractivity contribution in [3.8, 4) is 0 Å². The second kappa shape index (κ2) is 4.42. The van der Waals surface area contributed by atoms with Gasteiger partial charge in [-0.25, -0.2) is 0 Å². The van der Waals surface area contributed by atoms with Gasteiger partial charge in [0.25, 0.3) is 0 Å². The highest BCUT2D eigenvalue weighted by Crippen LogP contribution is 2.09. The SMILES string of the molecule is CC(C)OC(=O)CC1OCCO1. The summed E-state index contributed by atoms with van der Waals surface area (Å²) in [4.78, 5) is 11.0. The molecule has 70 valence electrons. The monoisotopic (exact) mass is 174 g/mol. The molecule has 0 aliphatic carbocycles. The van der Waals surface area contributed by atoms with Gasteiger partial charge in [-0.2, -0.15) is 0 Å². The molecular weight excluding hydrogens is 160 g/mol. The molecule has 1 saturated heterocycles. The normalized spacial score (nSPS) is 18.6. The minimum atomic E-state index is -0.392. The molecule has 1 rings (SSSR count). The van der Waals surface area contributed by atoms with Crippen molar-refractivity contribution >= 4 is 5.97 Å². The Balaban J connectivity index is 2.16. The van der Waals surface area contributed by atoms with E-state index in [-0.39, 0.29) is 18.5 Å². The van der Waals surface area contributed by atoms with E-state index < -0.39 is 6.29 Å². The van der Waals surface area contributed by atoms with Gasteiger partial charge in [-0.05, 0) is 13.8 Å². The van der Waals surface area contributed by atoms with Gasteiger partial charge < -0.3 is 14.2 Å². The zero-order chi connectivity index (χ0) is 8.97. The Morgan fingerprint density at radius 3 is 2.58 bits per heavy atom. The lowest BCUT2D eigenvalue weighted by atomic mass is 10.4. The maximum absolute atomic E-state index is 11.0. The summed E-state index contributed by atoms with van der Waals surface area (Å²) in [6.45, 7) is 4.77. The van der Waals surface area contributed by atoms with E-state index >= 15 is 0 Å². The second-order valence-corrected chi connectivity index (χ2v) is 2.91. The van der Waals surface area contributed by atoms with Gasteiger partial charge in [-0.1, -0.05) is 0 Å². The Labute approximate surface area is 71.8 Å². The third kappa shape index (κ3) is 3.19. The summed E-state index contributed by atoms with van der Waals surface area (Å²) in [6, 6.07) is 0. The van der Waals surface area contributed by atoms with Gasteiger partial charge in [-0.15, -0.1) is 0 Å². The van der Waals surface area contributed by atoms with Gasteiger partial charge in [0.1, 0.15) is 0 Å². The molecule has 0 bridgehead atoms. The van der Waals surface area contributed by atoms with Crippen LogP contribution in [-0.4, -0.2) is 31.6 Å². The van der Waals surface area contributed by atoms with Crippen LogP contribution in [0.2, 0.25) is 0 Å². The number of rotatable bonds is 3. The maximum Gasteiger partial charge on any atom is 0.311 e. The van der Waals surface area contributed by atoms with Crippen LogP contribution in [0.5, 0.6) is 0 Å². The maximum atomic E-state index is 11.0. The van der Waals surface area contributed by atoms with Crippen LogP contribution >= 0.6 is 0 Å². The van der Waals surface area contributed by atoms with Crippen molar-refractivity contribution in [2.45, 2.75) is 32.7 Å². The van der Waals surface area contributed by atoms with Gasteiger partial charge >= 0.3 is 5.97 Å². The quantitative estimate of drug-likeness (QED) is 0.591. The van der Waals surface area contributed by atoms with Crippen molar-refractivity contribution in [2.24, 2.45) is 0 Å². The molecule has 1 heterocycles. The van der Waals surface area contributed by atoms with Gasteiger partial charge in [0, 0.05) is 0 Å². The molecule has 4 nitrogen and oxygen atoms in total. The molecule has 0 radical (unpaired) electrons. The van der Waals surface area contributed by atoms with E-state index in [1.165, 1.54) is 0 Å². The summed E-state index contributed by atoms with van der Waals surface area (Å²) in [6.07, 6.45) is -0.270. The Morgan fingerprint density at radius 1 is 1.50 bits per heavy atom. The Morgan fingerprint density at radius 2 is 2.08 bits per heavy atom. The van der Waals surface area contributed by atoms with Crippen molar-refractivity contribution in [2.75, 3.05) is 13.2 Å². The molecule has 0 aromatic heterocycles. The molecule has 12 heavy (non-hydrogen) atoms. The van der Waals surface area contributed by atoms with Crippen LogP contribution in [0, 0.1) is 0 Å². The first-order chi connectivity index (χ1) is 5.68. The summed E-state index contributed by atoms with van der Waals surface area (Å²) in [5.41, 5.74) is 0. The fraction of sp³-hybridized carbons (Fsp3) is 0.875. The van der Waals surface area contributed by atoms with Crippen molar-refractivity contribution in [1.29, 1.82) is 0 Å². The number of carbonyl (C=O) groups excluding carboxylic acids is 1. The van der Waals surface area contributed by atoms with Gasteiger partial charge in [0.05, 0.1) is 25.7 Å². The van der Waals surface area contributed by atoms with Crippen LogP contribution in [0.4, 0.5) is 0 Å². The first-order valence-electron chi connectivity index (χ1n) is 4.11. The number of carbonyl (C=O) groups is 1. The van der Waals surface area contributed by atoms with Crippen LogP contribution in [0.25, 0.3) is 0 Å². The van der Waals surface area contributed by atoms with E-state index in [0.717, 1.165) is 0 Å². The fourth-order valence-electron chi connectivity index (χ4n) is 0.972. The highest BCUT2D eigenvalue weighted by atomic mass is 16.7. The third-order valence-corrected chi connectivity index (χ3v) is 1.39. The number of hydrogen-bond acceptors (Lipinski definition) is 4. The topological polar surface area (TPSA) is 44.8 Å². The number of ether oxygens (including phenoxy) is 3. The molecule has 0 atom stereocenters. The minimum absolute atomic E-state index is 0.0705. The van der Waals surface area contributed by atoms with Crippen molar-refractivity contribution in [1.82, 2.24) is 0 Å². The standard InChI is InChI=1S/C8H14O4/c1-6(2)12-7(9)5-8-10-3-4-11-8/h6,8H,3-5H2,1-2H3. The largest absolute Gasteiger partial charge is 0.463 e. The van der Waals surface area contributed by atoms with E-state index in [1.807, 2.05) is 13.8 Å². The highest BCUT2D eigenvalue weighted by Gasteiger charge is 2.20. The zero-order valence-corrected chi connectivity index (χ0v) is 7.41. The molecule has 0 N–H and O–H groups in total. The molecule has 4 heteroatoms. The second-order valence-electron chi connectivity index (χ2n) is 2.91. The van der Waals surface area contributed by atoms with Crippen LogP contribution in [-0.2, 0) is 19.0 Å². The number of hydrogen-bond donors (Lipinski definition) is 0. The minimum Gasteiger partial charge on any atom is -0.463 e. The first-order valence-corrected chi connectivity index (χ1v) is 4.11. The Bertz CT molecular complexity index is 149. The molecule has 1 aliphatic heterocycles. The first kappa shape index (κ1) is 9.48. The summed E-state index contributed by atoms with van der Waals surface area (Å²) in [5.74, 6) is -0.267. The van der Waals surface area contributed by atoms with Gasteiger partial charge in [-0.3, -0.25) is 4.79 Å². The van der Waals surface area contributed by atoms with Crippen LogP contribution in [0.1, 0.15) is 20.3 Å². The van der Waals surface area contributed by atoms with Crippen LogP contribution < -0.4 is 0 Å². The molecule has 0 amide bonds. The van der Waals surface area contributed by atoms with Gasteiger partial charge in [0.15, 0.2) is 6.29 Å². The summed E-state index contributed by atoms with van der Waals surface area (Å²) in [5, 5.41) is 0. The molecule has 1 aliphatic rings. The highest BCUT2D eigenvalue weighted by molar-refractivity contribution is 5.69. The average molecular weight is 174 g/mol. The smallest absolute Gasteiger partial charge is 0.311 e. The lowest BCUT2D eigenvalue weighted by Crippen LogP contribution is -2.19. The molecule has 0 spiro atoms. The van der Waals surface area contributed by atoms with E-state index in [0.29, 0.717) is 13.2 Å². The fourth-order valence-corrected chi connectivity index (χ4v) is 0.972. The average Bonchev–Trinajstić information content (AvgIpc) is 2.37. The zero-order valence-electron chi connectivity index (χ0n) is 7.41. The lowest BCUT2D eigenvalue weighted by molar-refractivity contribution is -0.155. The van der Waals surface area contributed by atoms with Crippen LogP contribution in [0.3, 0.4) is 0 Å². The van der Waals surface area contributed by atoms with E-state index in [9.17, 15) is 4.79 Å². The molecule has 0 aromatic rings. The predicted octanol–water partition coefficient (Wildman–Crippen LogP) is 0.701. The van der Waals surface area contributed by atoms with Gasteiger partial charge in [0.2, 0.25) is 0 Å². The summed E-state index contributed by atoms with van der Waals surface area (Å²) >= 11 is 0.